The van der Waals surface area contributed by atoms with Gasteiger partial charge < -0.3 is 15.0 Å². The first-order chi connectivity index (χ1) is 14.6. The van der Waals surface area contributed by atoms with E-state index in [9.17, 15) is 4.79 Å². The van der Waals surface area contributed by atoms with Gasteiger partial charge in [0.05, 0.1) is 23.6 Å². The van der Waals surface area contributed by atoms with Crippen molar-refractivity contribution in [3.63, 3.8) is 0 Å². The first kappa shape index (κ1) is 20.4. The summed E-state index contributed by atoms with van der Waals surface area (Å²) in [6, 6.07) is 15.3. The second kappa shape index (κ2) is 9.30. The average Bonchev–Trinajstić information content (AvgIpc) is 2.78. The number of hydrogen-bond acceptors (Lipinski definition) is 5. The van der Waals surface area contributed by atoms with Crippen molar-refractivity contribution in [2.75, 3.05) is 24.6 Å². The number of para-hydroxylation sites is 2. The summed E-state index contributed by atoms with van der Waals surface area (Å²) < 4.78 is 5.78. The number of fused-ring (bicyclic) bond motifs is 1. The fourth-order valence-electron chi connectivity index (χ4n) is 3.73. The molecule has 1 atom stereocenters. The summed E-state index contributed by atoms with van der Waals surface area (Å²) in [5.74, 6) is 1.19. The van der Waals surface area contributed by atoms with Crippen LogP contribution in [-0.2, 0) is 11.3 Å². The third-order valence-corrected chi connectivity index (χ3v) is 5.53. The van der Waals surface area contributed by atoms with Gasteiger partial charge in [0.25, 0.3) is 5.88 Å². The first-order valence-corrected chi connectivity index (χ1v) is 10.7. The number of aromatic nitrogens is 2. The molecule has 30 heavy (non-hydrogen) atoms. The maximum Gasteiger partial charge on any atom is 0.258 e. The molecule has 1 saturated heterocycles. The Morgan fingerprint density at radius 1 is 1.17 bits per heavy atom. The number of carbonyl (C=O) groups excluding carboxylic acids is 1. The molecular formula is C23H25ClN4O2. The highest BCUT2D eigenvalue weighted by molar-refractivity contribution is 6.30. The molecule has 0 spiro atoms. The van der Waals surface area contributed by atoms with E-state index in [0.717, 1.165) is 36.0 Å². The zero-order valence-corrected chi connectivity index (χ0v) is 17.7. The van der Waals surface area contributed by atoms with Crippen LogP contribution in [0.25, 0.3) is 11.0 Å². The molecule has 2 heterocycles. The number of ether oxygens (including phenoxy) is 1. The highest BCUT2D eigenvalue weighted by atomic mass is 35.5. The molecule has 1 N–H and O–H groups in total. The minimum Gasteiger partial charge on any atom is -0.475 e. The Labute approximate surface area is 181 Å². The molecule has 0 saturated carbocycles. The molecule has 156 valence electrons. The highest BCUT2D eigenvalue weighted by Gasteiger charge is 2.28. The van der Waals surface area contributed by atoms with E-state index in [1.54, 1.807) is 0 Å². The lowest BCUT2D eigenvalue weighted by Crippen LogP contribution is -2.43. The minimum absolute atomic E-state index is 0.0568. The molecule has 0 radical (unpaired) electrons. The van der Waals surface area contributed by atoms with Crippen LogP contribution in [-0.4, -0.2) is 35.6 Å². The predicted molar refractivity (Wildman–Crippen MR) is 119 cm³/mol. The van der Waals surface area contributed by atoms with Gasteiger partial charge in [-0.15, -0.1) is 0 Å². The van der Waals surface area contributed by atoms with Crippen LogP contribution < -0.4 is 15.0 Å². The van der Waals surface area contributed by atoms with Gasteiger partial charge in [0.2, 0.25) is 5.91 Å². The zero-order valence-electron chi connectivity index (χ0n) is 17.0. The van der Waals surface area contributed by atoms with Gasteiger partial charge in [-0.2, -0.15) is 0 Å². The summed E-state index contributed by atoms with van der Waals surface area (Å²) >= 11 is 5.93. The van der Waals surface area contributed by atoms with Gasteiger partial charge in [0.15, 0.2) is 5.82 Å². The minimum atomic E-state index is -0.103. The van der Waals surface area contributed by atoms with E-state index in [4.69, 9.17) is 21.3 Å². The van der Waals surface area contributed by atoms with Gasteiger partial charge >= 0.3 is 0 Å². The Balaban J connectivity index is 1.48. The highest BCUT2D eigenvalue weighted by Crippen LogP contribution is 2.30. The molecule has 1 amide bonds. The number of halogens is 1. The molecule has 1 aromatic heterocycles. The standard InChI is InChI=1S/C23H25ClN4O2/c1-2-30-23-21(26-19-7-3-4-8-20(19)27-23)28-13-5-6-17(15-28)22(29)25-14-16-9-11-18(24)12-10-16/h3-4,7-12,17H,2,5-6,13-15H2,1H3,(H,25,29). The maximum absolute atomic E-state index is 12.8. The second-order valence-electron chi connectivity index (χ2n) is 7.40. The van der Waals surface area contributed by atoms with Crippen molar-refractivity contribution in [3.05, 3.63) is 59.1 Å². The molecule has 0 aliphatic carbocycles. The van der Waals surface area contributed by atoms with E-state index in [1.165, 1.54) is 0 Å². The van der Waals surface area contributed by atoms with Crippen LogP contribution in [0.5, 0.6) is 5.88 Å². The molecular weight excluding hydrogens is 400 g/mol. The molecule has 1 unspecified atom stereocenters. The Morgan fingerprint density at radius 2 is 1.90 bits per heavy atom. The van der Waals surface area contributed by atoms with Crippen molar-refractivity contribution < 1.29 is 9.53 Å². The van der Waals surface area contributed by atoms with Crippen molar-refractivity contribution >= 4 is 34.4 Å². The number of carbonyl (C=O) groups is 1. The zero-order chi connectivity index (χ0) is 20.9. The number of nitrogens with one attached hydrogen (secondary N) is 1. The number of rotatable bonds is 6. The topological polar surface area (TPSA) is 67.4 Å². The Kier molecular flexibility index (Phi) is 6.33. The van der Waals surface area contributed by atoms with Gasteiger partial charge in [-0.1, -0.05) is 35.9 Å². The van der Waals surface area contributed by atoms with E-state index >= 15 is 0 Å². The van der Waals surface area contributed by atoms with Crippen LogP contribution in [0.4, 0.5) is 5.82 Å². The number of nitrogens with zero attached hydrogens (tertiary/aromatic N) is 3. The molecule has 0 bridgehead atoms. The lowest BCUT2D eigenvalue weighted by molar-refractivity contribution is -0.125. The van der Waals surface area contributed by atoms with Crippen LogP contribution in [0.3, 0.4) is 0 Å². The lowest BCUT2D eigenvalue weighted by Gasteiger charge is -2.33. The first-order valence-electron chi connectivity index (χ1n) is 10.3. The normalized spacial score (nSPS) is 16.5. The summed E-state index contributed by atoms with van der Waals surface area (Å²) in [5, 5.41) is 3.74. The van der Waals surface area contributed by atoms with Crippen LogP contribution in [0, 0.1) is 5.92 Å². The molecule has 7 heteroatoms. The summed E-state index contributed by atoms with van der Waals surface area (Å²) in [5.41, 5.74) is 2.66. The SMILES string of the molecule is CCOc1nc2ccccc2nc1N1CCCC(C(=O)NCc2ccc(Cl)cc2)C1. The molecule has 1 fully saturated rings. The number of benzene rings is 2. The monoisotopic (exact) mass is 424 g/mol. The van der Waals surface area contributed by atoms with Crippen molar-refractivity contribution in [1.29, 1.82) is 0 Å². The molecule has 6 nitrogen and oxygen atoms in total. The fraction of sp³-hybridized carbons (Fsp3) is 0.348. The van der Waals surface area contributed by atoms with E-state index < -0.39 is 0 Å². The summed E-state index contributed by atoms with van der Waals surface area (Å²) in [4.78, 5) is 24.4. The second-order valence-corrected chi connectivity index (χ2v) is 7.84. The third-order valence-electron chi connectivity index (χ3n) is 5.27. The van der Waals surface area contributed by atoms with E-state index in [0.29, 0.717) is 36.4 Å². The number of amides is 1. The lowest BCUT2D eigenvalue weighted by atomic mass is 9.97. The fourth-order valence-corrected chi connectivity index (χ4v) is 3.86. The smallest absolute Gasteiger partial charge is 0.258 e. The molecule has 1 aliphatic heterocycles. The number of anilines is 1. The van der Waals surface area contributed by atoms with Gasteiger partial charge in [0, 0.05) is 24.7 Å². The van der Waals surface area contributed by atoms with E-state index in [-0.39, 0.29) is 11.8 Å². The van der Waals surface area contributed by atoms with Gasteiger partial charge in [-0.3, -0.25) is 4.79 Å². The van der Waals surface area contributed by atoms with Crippen LogP contribution in [0.15, 0.2) is 48.5 Å². The molecule has 1 aliphatic rings. The van der Waals surface area contributed by atoms with Crippen LogP contribution >= 0.6 is 11.6 Å². The van der Waals surface area contributed by atoms with Crippen LogP contribution in [0.2, 0.25) is 5.02 Å². The van der Waals surface area contributed by atoms with Crippen molar-refractivity contribution in [2.24, 2.45) is 5.92 Å². The predicted octanol–water partition coefficient (Wildman–Crippen LogP) is 4.21. The summed E-state index contributed by atoms with van der Waals surface area (Å²) in [6.07, 6.45) is 1.77. The summed E-state index contributed by atoms with van der Waals surface area (Å²) in [6.45, 7) is 4.36. The number of piperidine rings is 1. The third kappa shape index (κ3) is 4.65. The van der Waals surface area contributed by atoms with Gasteiger partial charge in [-0.25, -0.2) is 9.97 Å². The quantitative estimate of drug-likeness (QED) is 0.641. The van der Waals surface area contributed by atoms with Crippen LogP contribution in [0.1, 0.15) is 25.3 Å². The Morgan fingerprint density at radius 3 is 2.63 bits per heavy atom. The summed E-state index contributed by atoms with van der Waals surface area (Å²) in [7, 11) is 0. The molecule has 4 rings (SSSR count). The van der Waals surface area contributed by atoms with Crippen molar-refractivity contribution in [3.8, 4) is 5.88 Å². The maximum atomic E-state index is 12.8. The Bertz CT molecular complexity index is 1030. The average molecular weight is 425 g/mol. The van der Waals surface area contributed by atoms with Gasteiger partial charge in [-0.05, 0) is 49.6 Å². The molecule has 2 aromatic carbocycles. The molecule has 3 aromatic rings. The van der Waals surface area contributed by atoms with Crippen molar-refractivity contribution in [2.45, 2.75) is 26.3 Å². The van der Waals surface area contributed by atoms with Crippen molar-refractivity contribution in [1.82, 2.24) is 15.3 Å². The Hall–Kier alpha value is -2.86. The number of hydrogen-bond donors (Lipinski definition) is 1. The van der Waals surface area contributed by atoms with E-state index in [1.807, 2.05) is 55.5 Å². The largest absolute Gasteiger partial charge is 0.475 e. The van der Waals surface area contributed by atoms with Gasteiger partial charge in [0.1, 0.15) is 0 Å². The van der Waals surface area contributed by atoms with E-state index in [2.05, 4.69) is 15.2 Å².